The van der Waals surface area contributed by atoms with Gasteiger partial charge in [0, 0.05) is 6.54 Å². The van der Waals surface area contributed by atoms with E-state index in [0.717, 1.165) is 17.6 Å². The smallest absolute Gasteiger partial charge is 0.279 e. The molecule has 3 aliphatic heterocycles. The Bertz CT molecular complexity index is 653. The molecule has 0 N–H and O–H groups in total. The summed E-state index contributed by atoms with van der Waals surface area (Å²) in [5.41, 5.74) is 1.67. The molecular formula is C16H19N3O2. The van der Waals surface area contributed by atoms with Crippen LogP contribution in [0.25, 0.3) is 11.0 Å². The first-order valence-electron chi connectivity index (χ1n) is 7.53. The Morgan fingerprint density at radius 1 is 1.05 bits per heavy atom. The first-order chi connectivity index (χ1) is 10.3. The van der Waals surface area contributed by atoms with Gasteiger partial charge in [0.25, 0.3) is 11.8 Å². The van der Waals surface area contributed by atoms with Gasteiger partial charge in [-0.1, -0.05) is 12.1 Å². The van der Waals surface area contributed by atoms with Crippen LogP contribution in [0.5, 0.6) is 11.8 Å². The Hall–Kier alpha value is -1.88. The second-order valence-corrected chi connectivity index (χ2v) is 5.82. The summed E-state index contributed by atoms with van der Waals surface area (Å²) in [4.78, 5) is 11.6. The van der Waals surface area contributed by atoms with E-state index in [1.54, 1.807) is 7.11 Å². The Morgan fingerprint density at radius 2 is 1.71 bits per heavy atom. The van der Waals surface area contributed by atoms with Crippen LogP contribution in [0.2, 0.25) is 0 Å². The zero-order valence-electron chi connectivity index (χ0n) is 12.2. The van der Waals surface area contributed by atoms with E-state index in [0.29, 0.717) is 17.7 Å². The Kier molecular flexibility index (Phi) is 3.15. The van der Waals surface area contributed by atoms with Gasteiger partial charge in [-0.3, -0.25) is 4.90 Å². The van der Waals surface area contributed by atoms with Crippen molar-refractivity contribution in [1.29, 1.82) is 0 Å². The summed E-state index contributed by atoms with van der Waals surface area (Å²) in [5.74, 6) is 1.63. The number of aromatic nitrogens is 2. The average Bonchev–Trinajstić information content (AvgIpc) is 2.55. The molecule has 0 saturated carbocycles. The van der Waals surface area contributed by atoms with Crippen LogP contribution in [0.15, 0.2) is 24.3 Å². The second-order valence-electron chi connectivity index (χ2n) is 5.82. The van der Waals surface area contributed by atoms with E-state index in [4.69, 9.17) is 9.47 Å². The monoisotopic (exact) mass is 285 g/mol. The van der Waals surface area contributed by atoms with Crippen molar-refractivity contribution in [3.63, 3.8) is 0 Å². The molecule has 110 valence electrons. The van der Waals surface area contributed by atoms with Crippen LogP contribution in [-0.4, -0.2) is 47.7 Å². The molecular weight excluding hydrogens is 266 g/mol. The molecule has 1 aromatic carbocycles. The molecule has 21 heavy (non-hydrogen) atoms. The summed E-state index contributed by atoms with van der Waals surface area (Å²) in [6.45, 7) is 3.39. The van der Waals surface area contributed by atoms with Gasteiger partial charge in [-0.2, -0.15) is 0 Å². The van der Waals surface area contributed by atoms with E-state index in [2.05, 4.69) is 14.9 Å². The van der Waals surface area contributed by atoms with Crippen LogP contribution in [0, 0.1) is 5.92 Å². The lowest BCUT2D eigenvalue weighted by molar-refractivity contribution is -0.0112. The second kappa shape index (κ2) is 5.15. The lowest BCUT2D eigenvalue weighted by Gasteiger charge is -2.44. The number of fused-ring (bicyclic) bond motifs is 4. The van der Waals surface area contributed by atoms with Gasteiger partial charge in [0.2, 0.25) is 0 Å². The molecule has 0 spiro atoms. The summed E-state index contributed by atoms with van der Waals surface area (Å²) < 4.78 is 11.5. The summed E-state index contributed by atoms with van der Waals surface area (Å²) in [6, 6.07) is 7.79. The molecule has 3 fully saturated rings. The zero-order valence-corrected chi connectivity index (χ0v) is 12.2. The van der Waals surface area contributed by atoms with E-state index in [-0.39, 0.29) is 6.10 Å². The third-order valence-corrected chi connectivity index (χ3v) is 4.56. The van der Waals surface area contributed by atoms with Crippen molar-refractivity contribution < 1.29 is 9.47 Å². The average molecular weight is 285 g/mol. The van der Waals surface area contributed by atoms with Gasteiger partial charge in [0.1, 0.15) is 6.10 Å². The molecule has 3 aliphatic rings. The van der Waals surface area contributed by atoms with Crippen LogP contribution in [0.4, 0.5) is 0 Å². The highest BCUT2D eigenvalue weighted by Crippen LogP contribution is 2.33. The highest BCUT2D eigenvalue weighted by Gasteiger charge is 2.36. The predicted molar refractivity (Wildman–Crippen MR) is 79.7 cm³/mol. The standard InChI is InChI=1S/C16H19N3O2/c1-20-15-16(18-13-5-3-2-4-12(13)17-15)21-14-10-19-8-6-11(14)7-9-19/h2-5,11,14H,6-10H2,1H3. The number of benzene rings is 1. The van der Waals surface area contributed by atoms with Crippen molar-refractivity contribution in [2.75, 3.05) is 26.7 Å². The van der Waals surface area contributed by atoms with Gasteiger partial charge in [0.15, 0.2) is 0 Å². The first kappa shape index (κ1) is 12.8. The van der Waals surface area contributed by atoms with E-state index in [1.165, 1.54) is 25.9 Å². The summed E-state index contributed by atoms with van der Waals surface area (Å²) in [6.07, 6.45) is 2.64. The molecule has 1 atom stereocenters. The molecule has 2 aromatic rings. The lowest BCUT2D eigenvalue weighted by Crippen LogP contribution is -2.52. The first-order valence-corrected chi connectivity index (χ1v) is 7.53. The molecule has 2 bridgehead atoms. The molecule has 0 radical (unpaired) electrons. The highest BCUT2D eigenvalue weighted by molar-refractivity contribution is 5.75. The van der Waals surface area contributed by atoms with Crippen LogP contribution in [-0.2, 0) is 0 Å². The van der Waals surface area contributed by atoms with E-state index in [9.17, 15) is 0 Å². The van der Waals surface area contributed by atoms with Crippen molar-refractivity contribution >= 4 is 11.0 Å². The van der Waals surface area contributed by atoms with Crippen molar-refractivity contribution in [2.24, 2.45) is 5.92 Å². The summed E-state index contributed by atoms with van der Waals surface area (Å²) in [7, 11) is 1.61. The third kappa shape index (κ3) is 2.31. The SMILES string of the molecule is COc1nc2ccccc2nc1OC1CN2CCC1CC2. The van der Waals surface area contributed by atoms with Crippen molar-refractivity contribution in [2.45, 2.75) is 18.9 Å². The zero-order chi connectivity index (χ0) is 14.2. The quantitative estimate of drug-likeness (QED) is 0.864. The van der Waals surface area contributed by atoms with Crippen LogP contribution in [0.3, 0.4) is 0 Å². The molecule has 1 aromatic heterocycles. The largest absolute Gasteiger partial charge is 0.477 e. The maximum atomic E-state index is 6.18. The molecule has 4 heterocycles. The minimum atomic E-state index is 0.205. The van der Waals surface area contributed by atoms with Gasteiger partial charge in [-0.05, 0) is 44.0 Å². The van der Waals surface area contributed by atoms with Crippen molar-refractivity contribution in [3.8, 4) is 11.8 Å². The summed E-state index contributed by atoms with van der Waals surface area (Å²) in [5, 5.41) is 0. The lowest BCUT2D eigenvalue weighted by atomic mass is 9.86. The summed E-state index contributed by atoms with van der Waals surface area (Å²) >= 11 is 0. The predicted octanol–water partition coefficient (Wildman–Crippen LogP) is 2.11. The maximum absolute atomic E-state index is 6.18. The topological polar surface area (TPSA) is 47.5 Å². The minimum Gasteiger partial charge on any atom is -0.477 e. The maximum Gasteiger partial charge on any atom is 0.279 e. The van der Waals surface area contributed by atoms with E-state index >= 15 is 0 Å². The van der Waals surface area contributed by atoms with Gasteiger partial charge in [-0.15, -0.1) is 0 Å². The highest BCUT2D eigenvalue weighted by atomic mass is 16.5. The van der Waals surface area contributed by atoms with Gasteiger partial charge < -0.3 is 9.47 Å². The number of nitrogens with zero attached hydrogens (tertiary/aromatic N) is 3. The number of rotatable bonds is 3. The molecule has 5 heteroatoms. The number of hydrogen-bond donors (Lipinski definition) is 0. The van der Waals surface area contributed by atoms with Gasteiger partial charge >= 0.3 is 0 Å². The number of para-hydroxylation sites is 2. The molecule has 3 saturated heterocycles. The van der Waals surface area contributed by atoms with Crippen molar-refractivity contribution in [3.05, 3.63) is 24.3 Å². The Labute approximate surface area is 123 Å². The van der Waals surface area contributed by atoms with Crippen LogP contribution in [0.1, 0.15) is 12.8 Å². The molecule has 0 aliphatic carbocycles. The molecule has 5 rings (SSSR count). The van der Waals surface area contributed by atoms with Gasteiger partial charge in [0.05, 0.1) is 18.1 Å². The van der Waals surface area contributed by atoms with Crippen LogP contribution < -0.4 is 9.47 Å². The van der Waals surface area contributed by atoms with Crippen LogP contribution >= 0.6 is 0 Å². The van der Waals surface area contributed by atoms with E-state index in [1.807, 2.05) is 24.3 Å². The molecule has 5 nitrogen and oxygen atoms in total. The fraction of sp³-hybridized carbons (Fsp3) is 0.500. The van der Waals surface area contributed by atoms with Gasteiger partial charge in [-0.25, -0.2) is 9.97 Å². The molecule has 1 unspecified atom stereocenters. The minimum absolute atomic E-state index is 0.205. The number of piperidine rings is 3. The fourth-order valence-electron chi connectivity index (χ4n) is 3.37. The number of ether oxygens (including phenoxy) is 2. The van der Waals surface area contributed by atoms with E-state index < -0.39 is 0 Å². The fourth-order valence-corrected chi connectivity index (χ4v) is 3.37. The Balaban J connectivity index is 1.66. The van der Waals surface area contributed by atoms with Crippen molar-refractivity contribution in [1.82, 2.24) is 14.9 Å². The third-order valence-electron chi connectivity index (χ3n) is 4.56. The number of methoxy groups -OCH3 is 1. The number of hydrogen-bond acceptors (Lipinski definition) is 5. The molecule has 0 amide bonds. The Morgan fingerprint density at radius 3 is 2.29 bits per heavy atom. The normalized spacial score (nSPS) is 27.8.